The predicted molar refractivity (Wildman–Crippen MR) is 74.1 cm³/mol. The van der Waals surface area contributed by atoms with E-state index in [9.17, 15) is 4.39 Å². The molecule has 1 unspecified atom stereocenters. The average Bonchev–Trinajstić information content (AvgIpc) is 2.72. The Bertz CT molecular complexity index is 529. The molecule has 0 saturated carbocycles. The van der Waals surface area contributed by atoms with E-state index in [-0.39, 0.29) is 11.9 Å². The van der Waals surface area contributed by atoms with Crippen LogP contribution in [0.15, 0.2) is 34.8 Å². The lowest BCUT2D eigenvalue weighted by Gasteiger charge is -2.11. The summed E-state index contributed by atoms with van der Waals surface area (Å²) in [5.41, 5.74) is 6.93. The Morgan fingerprint density at radius 3 is 2.76 bits per heavy atom. The van der Waals surface area contributed by atoms with Gasteiger partial charge in [-0.1, -0.05) is 23.7 Å². The van der Waals surface area contributed by atoms with Crippen molar-refractivity contribution in [3.63, 3.8) is 0 Å². The first-order valence-electron chi connectivity index (χ1n) is 5.01. The lowest BCUT2D eigenvalue weighted by atomic mass is 10.1. The molecule has 1 aromatic carbocycles. The molecule has 5 heteroatoms. The van der Waals surface area contributed by atoms with Gasteiger partial charge in [-0.2, -0.15) is 0 Å². The van der Waals surface area contributed by atoms with Crippen molar-refractivity contribution in [2.45, 2.75) is 12.5 Å². The number of nitrogens with two attached hydrogens (primary N) is 1. The average molecular weight is 335 g/mol. The molecule has 0 bridgehead atoms. The van der Waals surface area contributed by atoms with Crippen LogP contribution in [0.1, 0.15) is 16.5 Å². The second kappa shape index (κ2) is 5.48. The number of halogens is 3. The smallest absolute Gasteiger partial charge is 0.137 e. The Balaban J connectivity index is 2.18. The maximum Gasteiger partial charge on any atom is 0.137 e. The molecule has 0 spiro atoms. The second-order valence-corrected chi connectivity index (χ2v) is 6.21. The Kier molecular flexibility index (Phi) is 4.20. The van der Waals surface area contributed by atoms with E-state index in [0.717, 1.165) is 10.4 Å². The van der Waals surface area contributed by atoms with Crippen LogP contribution in [0, 0.1) is 5.82 Å². The molecular weight excluding hydrogens is 325 g/mol. The quantitative estimate of drug-likeness (QED) is 0.876. The van der Waals surface area contributed by atoms with E-state index in [2.05, 4.69) is 15.9 Å². The summed E-state index contributed by atoms with van der Waals surface area (Å²) in [6.07, 6.45) is 0.579. The minimum absolute atomic E-state index is 0.161. The van der Waals surface area contributed by atoms with Gasteiger partial charge >= 0.3 is 0 Å². The highest BCUT2D eigenvalue weighted by Gasteiger charge is 2.13. The van der Waals surface area contributed by atoms with Gasteiger partial charge in [0.1, 0.15) is 5.82 Å². The van der Waals surface area contributed by atoms with Crippen molar-refractivity contribution in [3.8, 4) is 0 Å². The highest BCUT2D eigenvalue weighted by atomic mass is 79.9. The van der Waals surface area contributed by atoms with Crippen molar-refractivity contribution in [2.24, 2.45) is 5.73 Å². The Labute approximate surface area is 117 Å². The van der Waals surface area contributed by atoms with Gasteiger partial charge in [0.25, 0.3) is 0 Å². The lowest BCUT2D eigenvalue weighted by Crippen LogP contribution is -2.12. The number of thiophene rings is 1. The summed E-state index contributed by atoms with van der Waals surface area (Å²) in [4.78, 5) is 1.01. The van der Waals surface area contributed by atoms with Crippen LogP contribution in [-0.4, -0.2) is 0 Å². The molecule has 0 amide bonds. The van der Waals surface area contributed by atoms with Gasteiger partial charge in [-0.3, -0.25) is 0 Å². The largest absolute Gasteiger partial charge is 0.323 e. The summed E-state index contributed by atoms with van der Waals surface area (Å²) < 4.78 is 14.5. The molecule has 17 heavy (non-hydrogen) atoms. The predicted octanol–water partition coefficient (Wildman–Crippen LogP) is 4.55. The summed E-state index contributed by atoms with van der Waals surface area (Å²) in [6.45, 7) is 0. The van der Waals surface area contributed by atoms with E-state index in [0.29, 0.717) is 15.2 Å². The minimum Gasteiger partial charge on any atom is -0.323 e. The second-order valence-electron chi connectivity index (χ2n) is 3.67. The van der Waals surface area contributed by atoms with Gasteiger partial charge < -0.3 is 5.73 Å². The molecule has 2 aromatic rings. The molecule has 0 saturated heterocycles. The third-order valence-corrected chi connectivity index (χ3v) is 4.68. The van der Waals surface area contributed by atoms with Crippen LogP contribution >= 0.6 is 38.9 Å². The van der Waals surface area contributed by atoms with E-state index in [1.807, 2.05) is 18.2 Å². The monoisotopic (exact) mass is 333 g/mol. The molecule has 1 aromatic heterocycles. The fourth-order valence-corrected chi connectivity index (χ4v) is 3.06. The maximum atomic E-state index is 13.3. The number of hydrogen-bond acceptors (Lipinski definition) is 2. The summed E-state index contributed by atoms with van der Waals surface area (Å²) in [5, 5.41) is 0. The number of hydrogen-bond donors (Lipinski definition) is 1. The van der Waals surface area contributed by atoms with E-state index < -0.39 is 0 Å². The molecule has 1 nitrogen and oxygen atoms in total. The van der Waals surface area contributed by atoms with Crippen LogP contribution in [0.2, 0.25) is 4.34 Å². The Morgan fingerprint density at radius 1 is 1.35 bits per heavy atom. The van der Waals surface area contributed by atoms with Gasteiger partial charge in [0.05, 0.1) is 8.81 Å². The number of rotatable bonds is 3. The fraction of sp³-hybridized carbons (Fsp3) is 0.167. The van der Waals surface area contributed by atoms with E-state index in [1.54, 1.807) is 6.07 Å². The van der Waals surface area contributed by atoms with Crippen LogP contribution in [0.25, 0.3) is 0 Å². The third-order valence-electron chi connectivity index (χ3n) is 2.43. The van der Waals surface area contributed by atoms with Crippen LogP contribution in [0.5, 0.6) is 0 Å². The van der Waals surface area contributed by atoms with Crippen molar-refractivity contribution in [1.82, 2.24) is 0 Å². The molecule has 1 heterocycles. The number of benzene rings is 1. The van der Waals surface area contributed by atoms with Gasteiger partial charge in [0, 0.05) is 10.9 Å². The molecule has 0 aliphatic carbocycles. The van der Waals surface area contributed by atoms with Crippen molar-refractivity contribution in [2.75, 3.05) is 0 Å². The van der Waals surface area contributed by atoms with Crippen LogP contribution < -0.4 is 5.73 Å². The maximum absolute atomic E-state index is 13.3. The zero-order valence-electron chi connectivity index (χ0n) is 8.79. The first kappa shape index (κ1) is 13.0. The molecule has 0 aliphatic heterocycles. The molecule has 0 radical (unpaired) electrons. The highest BCUT2D eigenvalue weighted by molar-refractivity contribution is 9.10. The fourth-order valence-electron chi connectivity index (χ4n) is 1.57. The summed E-state index contributed by atoms with van der Waals surface area (Å²) >= 11 is 10.5. The molecule has 2 rings (SSSR count). The van der Waals surface area contributed by atoms with Gasteiger partial charge in [0.2, 0.25) is 0 Å². The minimum atomic E-state index is -0.265. The highest BCUT2D eigenvalue weighted by Crippen LogP contribution is 2.30. The van der Waals surface area contributed by atoms with Crippen molar-refractivity contribution in [3.05, 3.63) is 55.4 Å². The van der Waals surface area contributed by atoms with Crippen molar-refractivity contribution < 1.29 is 4.39 Å². The van der Waals surface area contributed by atoms with E-state index in [4.69, 9.17) is 17.3 Å². The van der Waals surface area contributed by atoms with E-state index >= 15 is 0 Å². The van der Waals surface area contributed by atoms with E-state index in [1.165, 1.54) is 17.4 Å². The topological polar surface area (TPSA) is 26.0 Å². The molecule has 2 N–H and O–H groups in total. The van der Waals surface area contributed by atoms with Crippen LogP contribution in [-0.2, 0) is 6.42 Å². The SMILES string of the molecule is NC(Cc1cccc(F)c1Br)c1ccc(Cl)s1. The molecule has 1 atom stereocenters. The lowest BCUT2D eigenvalue weighted by molar-refractivity contribution is 0.614. The Hall–Kier alpha value is -0.420. The third kappa shape index (κ3) is 3.07. The van der Waals surface area contributed by atoms with Crippen molar-refractivity contribution in [1.29, 1.82) is 0 Å². The molecular formula is C12H10BrClFNS. The summed E-state index contributed by atoms with van der Waals surface area (Å²) in [7, 11) is 0. The van der Waals surface area contributed by atoms with Gasteiger partial charge in [-0.15, -0.1) is 11.3 Å². The first-order chi connectivity index (χ1) is 8.08. The van der Waals surface area contributed by atoms with Crippen molar-refractivity contribution >= 4 is 38.9 Å². The van der Waals surface area contributed by atoms with Crippen LogP contribution in [0.3, 0.4) is 0 Å². The van der Waals surface area contributed by atoms with Gasteiger partial charge in [0.15, 0.2) is 0 Å². The Morgan fingerprint density at radius 2 is 2.12 bits per heavy atom. The first-order valence-corrected chi connectivity index (χ1v) is 7.00. The van der Waals surface area contributed by atoms with Gasteiger partial charge in [-0.05, 0) is 46.1 Å². The zero-order chi connectivity index (χ0) is 12.4. The molecule has 0 aliphatic rings. The summed E-state index contributed by atoms with van der Waals surface area (Å²) in [6, 6.07) is 8.53. The normalized spacial score (nSPS) is 12.7. The molecule has 0 fully saturated rings. The summed E-state index contributed by atoms with van der Waals surface area (Å²) in [5.74, 6) is -0.265. The van der Waals surface area contributed by atoms with Gasteiger partial charge in [-0.25, -0.2) is 4.39 Å². The zero-order valence-corrected chi connectivity index (χ0v) is 11.9. The molecule has 90 valence electrons. The van der Waals surface area contributed by atoms with Crippen LogP contribution in [0.4, 0.5) is 4.39 Å². The standard InChI is InChI=1S/C12H10BrClFNS/c13-12-7(2-1-3-8(12)15)6-9(16)10-4-5-11(14)17-10/h1-5,9H,6,16H2.